The van der Waals surface area contributed by atoms with Gasteiger partial charge in [-0.05, 0) is 60.8 Å². The number of nitrogens with zero attached hydrogens (tertiary/aromatic N) is 2. The molecular formula is C28H28BrN3O5. The van der Waals surface area contributed by atoms with Crippen LogP contribution in [0.25, 0.3) is 10.8 Å². The van der Waals surface area contributed by atoms with Crippen LogP contribution in [-0.4, -0.2) is 47.7 Å². The van der Waals surface area contributed by atoms with E-state index >= 15 is 0 Å². The van der Waals surface area contributed by atoms with Gasteiger partial charge in [-0.15, -0.1) is 5.06 Å². The minimum Gasteiger partial charge on any atom is -0.444 e. The lowest BCUT2D eigenvalue weighted by molar-refractivity contribution is -0.104. The van der Waals surface area contributed by atoms with E-state index in [2.05, 4.69) is 26.1 Å². The summed E-state index contributed by atoms with van der Waals surface area (Å²) in [6.45, 7) is 6.86. The van der Waals surface area contributed by atoms with E-state index in [-0.39, 0.29) is 12.6 Å². The summed E-state index contributed by atoms with van der Waals surface area (Å²) < 4.78 is 6.13. The quantitative estimate of drug-likeness (QED) is 0.415. The summed E-state index contributed by atoms with van der Waals surface area (Å²) >= 11 is 3.67. The normalized spacial score (nSPS) is 17.5. The maximum Gasteiger partial charge on any atom is 0.407 e. The van der Waals surface area contributed by atoms with E-state index in [1.54, 1.807) is 12.1 Å². The Morgan fingerprint density at radius 2 is 1.78 bits per heavy atom. The number of nitrogens with one attached hydrogen (secondary N) is 1. The zero-order chi connectivity index (χ0) is 26.3. The second-order valence-corrected chi connectivity index (χ2v) is 11.1. The molecule has 192 valence electrons. The lowest BCUT2D eigenvalue weighted by atomic mass is 9.93. The summed E-state index contributed by atoms with van der Waals surface area (Å²) in [6, 6.07) is 16.5. The highest BCUT2D eigenvalue weighted by molar-refractivity contribution is 9.10. The third kappa shape index (κ3) is 5.06. The molecular weight excluding hydrogens is 538 g/mol. The van der Waals surface area contributed by atoms with Gasteiger partial charge >= 0.3 is 6.09 Å². The number of halogens is 1. The van der Waals surface area contributed by atoms with Gasteiger partial charge in [0.1, 0.15) is 12.2 Å². The highest BCUT2D eigenvalue weighted by Gasteiger charge is 2.37. The van der Waals surface area contributed by atoms with Gasteiger partial charge < -0.3 is 15.0 Å². The van der Waals surface area contributed by atoms with E-state index in [4.69, 9.17) is 9.57 Å². The molecule has 0 aromatic heterocycles. The largest absolute Gasteiger partial charge is 0.444 e. The highest BCUT2D eigenvalue weighted by Crippen LogP contribution is 2.42. The number of carbonyl (C=O) groups excluding carboxylic acids is 3. The minimum absolute atomic E-state index is 0.0855. The smallest absolute Gasteiger partial charge is 0.407 e. The molecule has 1 N–H and O–H groups in total. The topological polar surface area (TPSA) is 88.2 Å². The molecule has 0 bridgehead atoms. The van der Waals surface area contributed by atoms with Crippen molar-refractivity contribution in [2.75, 3.05) is 18.0 Å². The van der Waals surface area contributed by atoms with Gasteiger partial charge in [0.25, 0.3) is 11.8 Å². The Balaban J connectivity index is 1.42. The van der Waals surface area contributed by atoms with Crippen molar-refractivity contribution in [1.82, 2.24) is 10.4 Å². The molecule has 1 atom stereocenters. The number of hydroxylamine groups is 2. The van der Waals surface area contributed by atoms with Gasteiger partial charge in [0.2, 0.25) is 0 Å². The molecule has 2 aliphatic heterocycles. The average molecular weight is 566 g/mol. The van der Waals surface area contributed by atoms with Crippen molar-refractivity contribution >= 4 is 50.3 Å². The molecule has 0 radical (unpaired) electrons. The molecule has 1 fully saturated rings. The van der Waals surface area contributed by atoms with Crippen LogP contribution >= 0.6 is 15.9 Å². The molecule has 2 heterocycles. The first-order valence-corrected chi connectivity index (χ1v) is 13.0. The summed E-state index contributed by atoms with van der Waals surface area (Å²) in [7, 11) is 0. The lowest BCUT2D eigenvalue weighted by Gasteiger charge is -2.29. The molecule has 0 spiro atoms. The zero-order valence-electron chi connectivity index (χ0n) is 20.9. The number of imide groups is 1. The van der Waals surface area contributed by atoms with Crippen LogP contribution in [0.2, 0.25) is 0 Å². The summed E-state index contributed by atoms with van der Waals surface area (Å²) in [6.07, 6.45) is 0.301. The van der Waals surface area contributed by atoms with Crippen molar-refractivity contribution < 1.29 is 24.0 Å². The molecule has 37 heavy (non-hydrogen) atoms. The molecule has 0 aliphatic carbocycles. The van der Waals surface area contributed by atoms with Gasteiger partial charge in [-0.25, -0.2) is 4.79 Å². The Morgan fingerprint density at radius 3 is 2.51 bits per heavy atom. The summed E-state index contributed by atoms with van der Waals surface area (Å²) in [4.78, 5) is 46.8. The number of benzene rings is 3. The van der Waals surface area contributed by atoms with Crippen molar-refractivity contribution in [1.29, 1.82) is 0 Å². The number of hydrogen-bond donors (Lipinski definition) is 1. The molecule has 2 aliphatic rings. The fraction of sp³-hybridized carbons (Fsp3) is 0.321. The van der Waals surface area contributed by atoms with Crippen LogP contribution in [0.15, 0.2) is 59.1 Å². The van der Waals surface area contributed by atoms with Crippen LogP contribution in [0.5, 0.6) is 0 Å². The molecule has 3 aromatic carbocycles. The second kappa shape index (κ2) is 9.79. The standard InChI is InChI=1S/C28H28BrN3O5/c1-28(2,3)37-27(35)30-18-12-13-31(15-18)24-19-10-7-11-20-23(19)21(14-22(24)29)26(34)32(25(20)33)36-16-17-8-5-4-6-9-17/h4-11,14,18H,12-13,15-16H2,1-3H3,(H,30,35)/t18-/m0/s1. The Bertz CT molecular complexity index is 1390. The first kappa shape index (κ1) is 25.2. The van der Waals surface area contributed by atoms with Crippen LogP contribution < -0.4 is 10.2 Å². The number of alkyl carbamates (subject to hydrolysis) is 1. The van der Waals surface area contributed by atoms with Crippen molar-refractivity contribution in [3.05, 3.63) is 75.8 Å². The number of ether oxygens (including phenoxy) is 1. The Hall–Kier alpha value is -3.43. The third-order valence-electron chi connectivity index (χ3n) is 6.34. The number of anilines is 1. The van der Waals surface area contributed by atoms with Crippen molar-refractivity contribution in [2.45, 2.75) is 45.4 Å². The van der Waals surface area contributed by atoms with Gasteiger partial charge in [0.15, 0.2) is 0 Å². The van der Waals surface area contributed by atoms with E-state index < -0.39 is 23.5 Å². The molecule has 3 amide bonds. The zero-order valence-corrected chi connectivity index (χ0v) is 22.5. The van der Waals surface area contributed by atoms with Gasteiger partial charge in [-0.3, -0.25) is 14.4 Å². The summed E-state index contributed by atoms with van der Waals surface area (Å²) in [5.74, 6) is -0.985. The monoisotopic (exact) mass is 565 g/mol. The highest BCUT2D eigenvalue weighted by atomic mass is 79.9. The second-order valence-electron chi connectivity index (χ2n) is 10.2. The van der Waals surface area contributed by atoms with E-state index in [0.29, 0.717) is 29.6 Å². The van der Waals surface area contributed by atoms with E-state index in [0.717, 1.165) is 32.6 Å². The molecule has 1 saturated heterocycles. The summed E-state index contributed by atoms with van der Waals surface area (Å²) in [5, 5.41) is 5.21. The van der Waals surface area contributed by atoms with Gasteiger partial charge in [-0.1, -0.05) is 42.5 Å². The lowest BCUT2D eigenvalue weighted by Crippen LogP contribution is -2.41. The van der Waals surface area contributed by atoms with E-state index in [9.17, 15) is 14.4 Å². The number of rotatable bonds is 5. The van der Waals surface area contributed by atoms with Crippen LogP contribution in [-0.2, 0) is 16.2 Å². The van der Waals surface area contributed by atoms with E-state index in [1.165, 1.54) is 0 Å². The molecule has 5 rings (SSSR count). The molecule has 3 aromatic rings. The average Bonchev–Trinajstić information content (AvgIpc) is 3.29. The van der Waals surface area contributed by atoms with Crippen LogP contribution in [0.4, 0.5) is 10.5 Å². The number of amides is 3. The number of carbonyl (C=O) groups is 3. The summed E-state index contributed by atoms with van der Waals surface area (Å²) in [5.41, 5.74) is 1.98. The van der Waals surface area contributed by atoms with Crippen LogP contribution in [0.1, 0.15) is 53.5 Å². The number of hydrogen-bond acceptors (Lipinski definition) is 6. The fourth-order valence-corrected chi connectivity index (χ4v) is 5.49. The van der Waals surface area contributed by atoms with Crippen molar-refractivity contribution in [3.63, 3.8) is 0 Å². The third-order valence-corrected chi connectivity index (χ3v) is 6.95. The fourth-order valence-electron chi connectivity index (χ4n) is 4.80. The Morgan fingerprint density at radius 1 is 1.05 bits per heavy atom. The van der Waals surface area contributed by atoms with Crippen molar-refractivity contribution in [2.24, 2.45) is 0 Å². The minimum atomic E-state index is -0.570. The van der Waals surface area contributed by atoms with Gasteiger partial charge in [-0.2, -0.15) is 0 Å². The molecule has 8 nitrogen and oxygen atoms in total. The molecule has 0 saturated carbocycles. The SMILES string of the molecule is CC(C)(C)OC(=O)N[C@H]1CCN(c2c(Br)cc3c4c(cccc24)C(=O)N(OCc2ccccc2)C3=O)C1. The van der Waals surface area contributed by atoms with Crippen molar-refractivity contribution in [3.8, 4) is 0 Å². The first-order valence-electron chi connectivity index (χ1n) is 12.2. The molecule has 9 heteroatoms. The first-order chi connectivity index (χ1) is 17.6. The Kier molecular flexibility index (Phi) is 6.68. The maximum atomic E-state index is 13.4. The van der Waals surface area contributed by atoms with Crippen LogP contribution in [0, 0.1) is 0 Å². The molecule has 0 unspecified atom stereocenters. The Labute approximate surface area is 223 Å². The van der Waals surface area contributed by atoms with Gasteiger partial charge in [0.05, 0.1) is 22.9 Å². The van der Waals surface area contributed by atoms with E-state index in [1.807, 2.05) is 63.2 Å². The van der Waals surface area contributed by atoms with Gasteiger partial charge in [0, 0.05) is 28.3 Å². The van der Waals surface area contributed by atoms with Crippen LogP contribution in [0.3, 0.4) is 0 Å². The maximum absolute atomic E-state index is 13.4. The predicted molar refractivity (Wildman–Crippen MR) is 143 cm³/mol. The predicted octanol–water partition coefficient (Wildman–Crippen LogP) is 5.43.